The first kappa shape index (κ1) is 15.2. The zero-order chi connectivity index (χ0) is 15.3. The van der Waals surface area contributed by atoms with Crippen LogP contribution in [0.4, 0.5) is 0 Å². The van der Waals surface area contributed by atoms with E-state index >= 15 is 0 Å². The maximum Gasteiger partial charge on any atom is 0.200 e. The molecule has 4 saturated heterocycles. The summed E-state index contributed by atoms with van der Waals surface area (Å²) >= 11 is 0. The molecular weight excluding hydrogens is 296 g/mol. The summed E-state index contributed by atoms with van der Waals surface area (Å²) in [7, 11) is 0. The summed E-state index contributed by atoms with van der Waals surface area (Å²) in [6.07, 6.45) is 0.355. The smallest absolute Gasteiger partial charge is 0.200 e. The van der Waals surface area contributed by atoms with E-state index in [1.54, 1.807) is 0 Å². The maximum atomic E-state index is 10.4. The predicted octanol–water partition coefficient (Wildman–Crippen LogP) is -1.57. The van der Waals surface area contributed by atoms with E-state index in [1.165, 1.54) is 0 Å². The molecule has 126 valence electrons. The first-order chi connectivity index (χ1) is 10.5. The van der Waals surface area contributed by atoms with E-state index < -0.39 is 17.0 Å². The third kappa shape index (κ3) is 3.44. The van der Waals surface area contributed by atoms with E-state index in [-0.39, 0.29) is 31.8 Å². The Morgan fingerprint density at radius 1 is 0.955 bits per heavy atom. The molecule has 4 aliphatic heterocycles. The van der Waals surface area contributed by atoms with Crippen molar-refractivity contribution in [2.24, 2.45) is 0 Å². The van der Waals surface area contributed by atoms with Crippen LogP contribution < -0.4 is 0 Å². The lowest BCUT2D eigenvalue weighted by atomic mass is 9.90. The van der Waals surface area contributed by atoms with E-state index in [0.717, 1.165) is 6.61 Å². The highest BCUT2D eigenvalue weighted by Gasteiger charge is 2.65. The van der Waals surface area contributed by atoms with Gasteiger partial charge in [-0.25, -0.2) is 0 Å². The molecule has 4 heterocycles. The van der Waals surface area contributed by atoms with Crippen LogP contribution in [0.1, 0.15) is 6.42 Å². The molecule has 0 saturated carbocycles. The number of hydrogen-bond donors (Lipinski definition) is 2. The average molecular weight is 318 g/mol. The van der Waals surface area contributed by atoms with Crippen molar-refractivity contribution in [3.05, 3.63) is 0 Å². The van der Waals surface area contributed by atoms with Crippen molar-refractivity contribution in [2.75, 3.05) is 52.9 Å². The summed E-state index contributed by atoms with van der Waals surface area (Å²) in [6, 6.07) is 0. The second-order valence-corrected chi connectivity index (χ2v) is 6.69. The molecule has 0 aromatic carbocycles. The number of epoxide rings is 4. The van der Waals surface area contributed by atoms with Gasteiger partial charge in [0.2, 0.25) is 0 Å². The van der Waals surface area contributed by atoms with Crippen LogP contribution in [0.2, 0.25) is 0 Å². The highest BCUT2D eigenvalue weighted by Crippen LogP contribution is 2.45. The normalized spacial score (nSPS) is 42.3. The SMILES string of the molecule is OC(O)(CC1(COCC2CO2)CO1)C1(COCC2CO2)CO1. The van der Waals surface area contributed by atoms with Gasteiger partial charge in [-0.15, -0.1) is 0 Å². The van der Waals surface area contributed by atoms with Gasteiger partial charge in [0.25, 0.3) is 0 Å². The van der Waals surface area contributed by atoms with Crippen molar-refractivity contribution in [3.63, 3.8) is 0 Å². The number of aliphatic hydroxyl groups is 2. The van der Waals surface area contributed by atoms with E-state index in [2.05, 4.69) is 0 Å². The van der Waals surface area contributed by atoms with E-state index in [1.807, 2.05) is 0 Å². The minimum Gasteiger partial charge on any atom is -0.376 e. The largest absolute Gasteiger partial charge is 0.376 e. The van der Waals surface area contributed by atoms with E-state index in [9.17, 15) is 10.2 Å². The van der Waals surface area contributed by atoms with Crippen LogP contribution in [-0.4, -0.2) is 92.3 Å². The Hall–Kier alpha value is -0.320. The zero-order valence-electron chi connectivity index (χ0n) is 12.4. The van der Waals surface area contributed by atoms with Crippen LogP contribution in [0.25, 0.3) is 0 Å². The molecule has 0 aromatic rings. The summed E-state index contributed by atoms with van der Waals surface area (Å²) in [4.78, 5) is 0. The molecule has 0 radical (unpaired) electrons. The lowest BCUT2D eigenvalue weighted by molar-refractivity contribution is -0.232. The molecule has 8 heteroatoms. The Morgan fingerprint density at radius 3 is 1.95 bits per heavy atom. The summed E-state index contributed by atoms with van der Waals surface area (Å²) in [5, 5.41) is 20.9. The van der Waals surface area contributed by atoms with Gasteiger partial charge in [0, 0.05) is 6.42 Å². The Morgan fingerprint density at radius 2 is 1.50 bits per heavy atom. The fourth-order valence-electron chi connectivity index (χ4n) is 2.53. The van der Waals surface area contributed by atoms with Gasteiger partial charge in [0.05, 0.1) is 52.9 Å². The molecule has 0 aromatic heterocycles. The lowest BCUT2D eigenvalue weighted by Crippen LogP contribution is -2.52. The molecule has 0 bridgehead atoms. The van der Waals surface area contributed by atoms with Gasteiger partial charge in [0.15, 0.2) is 11.4 Å². The van der Waals surface area contributed by atoms with Crippen molar-refractivity contribution >= 4 is 0 Å². The topological polar surface area (TPSA) is 109 Å². The van der Waals surface area contributed by atoms with Crippen molar-refractivity contribution in [3.8, 4) is 0 Å². The Balaban J connectivity index is 1.25. The molecule has 4 rings (SSSR count). The van der Waals surface area contributed by atoms with Crippen molar-refractivity contribution in [1.82, 2.24) is 0 Å². The van der Waals surface area contributed by atoms with Crippen LogP contribution in [0.3, 0.4) is 0 Å². The molecule has 0 amide bonds. The lowest BCUT2D eigenvalue weighted by Gasteiger charge is -2.31. The van der Waals surface area contributed by atoms with Gasteiger partial charge in [-0.1, -0.05) is 0 Å². The molecule has 22 heavy (non-hydrogen) atoms. The van der Waals surface area contributed by atoms with Gasteiger partial charge >= 0.3 is 0 Å². The van der Waals surface area contributed by atoms with Crippen LogP contribution in [0, 0.1) is 0 Å². The quantitative estimate of drug-likeness (QED) is 0.347. The van der Waals surface area contributed by atoms with Gasteiger partial charge in [-0.3, -0.25) is 0 Å². The Kier molecular flexibility index (Phi) is 3.70. The van der Waals surface area contributed by atoms with Crippen LogP contribution in [0.5, 0.6) is 0 Å². The summed E-state index contributed by atoms with van der Waals surface area (Å²) in [6.45, 7) is 3.57. The first-order valence-corrected chi connectivity index (χ1v) is 7.64. The summed E-state index contributed by atoms with van der Waals surface area (Å²) in [5.74, 6) is -2.01. The monoisotopic (exact) mass is 318 g/mol. The number of ether oxygens (including phenoxy) is 6. The average Bonchev–Trinajstić information content (AvgIpc) is 3.31. The van der Waals surface area contributed by atoms with Crippen molar-refractivity contribution < 1.29 is 38.6 Å². The molecular formula is C14H22O8. The maximum absolute atomic E-state index is 10.4. The molecule has 4 atom stereocenters. The molecule has 4 fully saturated rings. The molecule has 0 aliphatic carbocycles. The van der Waals surface area contributed by atoms with E-state index in [4.69, 9.17) is 28.4 Å². The second kappa shape index (κ2) is 5.35. The fourth-order valence-corrected chi connectivity index (χ4v) is 2.53. The molecule has 4 aliphatic rings. The Labute approximate surface area is 128 Å². The molecule has 0 spiro atoms. The van der Waals surface area contributed by atoms with Crippen LogP contribution >= 0.6 is 0 Å². The summed E-state index contributed by atoms with van der Waals surface area (Å²) < 4.78 is 31.8. The standard InChI is InChI=1S/C14H22O8/c15-14(16,13(9-22-13)8-18-2-11-4-20-11)5-12(7-21-12)6-17-1-10-3-19-10/h10-11,15-16H,1-9H2. The third-order valence-corrected chi connectivity index (χ3v) is 4.46. The molecule has 2 N–H and O–H groups in total. The highest BCUT2D eigenvalue weighted by molar-refractivity contribution is 5.09. The molecule has 8 nitrogen and oxygen atoms in total. The zero-order valence-corrected chi connectivity index (χ0v) is 12.4. The summed E-state index contributed by atoms with van der Waals surface area (Å²) in [5.41, 5.74) is -1.71. The third-order valence-electron chi connectivity index (χ3n) is 4.46. The Bertz CT molecular complexity index is 409. The minimum absolute atomic E-state index is 0.0365. The van der Waals surface area contributed by atoms with Gasteiger partial charge < -0.3 is 38.6 Å². The fraction of sp³-hybridized carbons (Fsp3) is 1.00. The minimum atomic E-state index is -2.01. The van der Waals surface area contributed by atoms with E-state index in [0.29, 0.717) is 33.0 Å². The first-order valence-electron chi connectivity index (χ1n) is 7.64. The van der Waals surface area contributed by atoms with Crippen LogP contribution in [0.15, 0.2) is 0 Å². The van der Waals surface area contributed by atoms with Gasteiger partial charge in [0.1, 0.15) is 17.8 Å². The van der Waals surface area contributed by atoms with Gasteiger partial charge in [-0.2, -0.15) is 0 Å². The predicted molar refractivity (Wildman–Crippen MR) is 70.3 cm³/mol. The number of hydrogen-bond acceptors (Lipinski definition) is 8. The number of rotatable bonds is 11. The van der Waals surface area contributed by atoms with Gasteiger partial charge in [-0.05, 0) is 0 Å². The second-order valence-electron chi connectivity index (χ2n) is 6.69. The highest BCUT2D eigenvalue weighted by atomic mass is 16.7. The molecule has 4 unspecified atom stereocenters. The van der Waals surface area contributed by atoms with Crippen molar-refractivity contribution in [2.45, 2.75) is 35.6 Å². The van der Waals surface area contributed by atoms with Crippen LogP contribution in [-0.2, 0) is 28.4 Å². The van der Waals surface area contributed by atoms with Crippen molar-refractivity contribution in [1.29, 1.82) is 0 Å².